The van der Waals surface area contributed by atoms with Crippen molar-refractivity contribution >= 4 is 11.9 Å². The summed E-state index contributed by atoms with van der Waals surface area (Å²) in [7, 11) is 3.40. The van der Waals surface area contributed by atoms with Crippen molar-refractivity contribution in [2.24, 2.45) is 5.92 Å². The fraction of sp³-hybridized carbons (Fsp3) is 0.810. The van der Waals surface area contributed by atoms with Gasteiger partial charge in [0.05, 0.1) is 31.9 Å². The number of piperidine rings is 1. The third-order valence-corrected chi connectivity index (χ3v) is 6.76. The van der Waals surface area contributed by atoms with Crippen molar-refractivity contribution < 1.29 is 14.3 Å². The summed E-state index contributed by atoms with van der Waals surface area (Å²) >= 11 is 0. The lowest BCUT2D eigenvalue weighted by Gasteiger charge is -2.45. The third-order valence-electron chi connectivity index (χ3n) is 6.76. The Morgan fingerprint density at radius 3 is 2.77 bits per heavy atom. The second-order valence-corrected chi connectivity index (χ2v) is 9.29. The maximum Gasteiger partial charge on any atom is 0.317 e. The molecule has 30 heavy (non-hydrogen) atoms. The number of carbonyl (C=O) groups excluding carboxylic acids is 2. The van der Waals surface area contributed by atoms with Gasteiger partial charge in [0.1, 0.15) is 11.3 Å². The minimum absolute atomic E-state index is 0.163. The van der Waals surface area contributed by atoms with Gasteiger partial charge in [-0.1, -0.05) is 24.5 Å². The van der Waals surface area contributed by atoms with E-state index in [1.807, 2.05) is 9.58 Å². The summed E-state index contributed by atoms with van der Waals surface area (Å²) in [6.45, 7) is 2.79. The molecule has 1 aromatic heterocycles. The summed E-state index contributed by atoms with van der Waals surface area (Å²) in [6.07, 6.45) is 8.77. The van der Waals surface area contributed by atoms with Gasteiger partial charge in [0.25, 0.3) is 0 Å². The van der Waals surface area contributed by atoms with E-state index in [2.05, 4.69) is 15.6 Å². The zero-order chi connectivity index (χ0) is 21.1. The molecule has 3 amide bonds. The van der Waals surface area contributed by atoms with Crippen molar-refractivity contribution in [2.45, 2.75) is 76.7 Å². The molecule has 0 radical (unpaired) electrons. The monoisotopic (exact) mass is 418 g/mol. The Labute approximate surface area is 178 Å². The number of hydrogen-bond donors (Lipinski definition) is 1. The Balaban J connectivity index is 1.37. The van der Waals surface area contributed by atoms with Crippen LogP contribution < -0.4 is 5.32 Å². The average Bonchev–Trinajstić information content (AvgIpc) is 3.14. The number of carbonyl (C=O) groups is 2. The molecule has 1 atom stereocenters. The van der Waals surface area contributed by atoms with Crippen LogP contribution in [0.1, 0.15) is 62.8 Å². The zero-order valence-electron chi connectivity index (χ0n) is 18.2. The molecule has 1 spiro atoms. The smallest absolute Gasteiger partial charge is 0.317 e. The molecule has 0 bridgehead atoms. The second kappa shape index (κ2) is 8.91. The molecular formula is C21H34N6O3. The number of hydrogen-bond acceptors (Lipinski definition) is 5. The SMILES string of the molecule is CN(C)C(=O)NCc1nnn2c1COC1(CCCN(C(=O)CC3CCCCC3)C1)C2. The highest BCUT2D eigenvalue weighted by Crippen LogP contribution is 2.34. The standard InChI is InChI=1S/C21H34N6O3/c1-25(2)20(29)22-12-17-18-13-30-21(15-27(18)24-23-17)9-6-10-26(14-21)19(28)11-16-7-4-3-5-8-16/h16H,3-15H2,1-2H3,(H,22,29). The number of nitrogens with zero attached hydrogens (tertiary/aromatic N) is 5. The van der Waals surface area contributed by atoms with Crippen LogP contribution in [0.2, 0.25) is 0 Å². The molecule has 2 aliphatic heterocycles. The molecule has 3 heterocycles. The van der Waals surface area contributed by atoms with E-state index >= 15 is 0 Å². The first-order chi connectivity index (χ1) is 14.5. The molecule has 1 saturated heterocycles. The van der Waals surface area contributed by atoms with Crippen molar-refractivity contribution in [1.29, 1.82) is 0 Å². The minimum atomic E-state index is -0.384. The summed E-state index contributed by atoms with van der Waals surface area (Å²) < 4.78 is 8.24. The molecule has 1 aromatic rings. The molecular weight excluding hydrogens is 384 g/mol. The van der Waals surface area contributed by atoms with Gasteiger partial charge in [-0.3, -0.25) is 4.79 Å². The maximum absolute atomic E-state index is 12.9. The van der Waals surface area contributed by atoms with Gasteiger partial charge in [0, 0.05) is 27.1 Å². The molecule has 166 valence electrons. The first-order valence-electron chi connectivity index (χ1n) is 11.2. The van der Waals surface area contributed by atoms with Gasteiger partial charge in [-0.2, -0.15) is 0 Å². The van der Waals surface area contributed by atoms with Gasteiger partial charge >= 0.3 is 6.03 Å². The number of amides is 3. The van der Waals surface area contributed by atoms with Crippen LogP contribution in [0.15, 0.2) is 0 Å². The van der Waals surface area contributed by atoms with Crippen LogP contribution in [-0.2, 0) is 29.2 Å². The molecule has 1 unspecified atom stereocenters. The van der Waals surface area contributed by atoms with E-state index in [4.69, 9.17) is 4.74 Å². The quantitative estimate of drug-likeness (QED) is 0.806. The molecule has 1 N–H and O–H groups in total. The van der Waals surface area contributed by atoms with E-state index in [0.717, 1.165) is 30.8 Å². The highest BCUT2D eigenvalue weighted by atomic mass is 16.5. The normalized spacial score (nSPS) is 24.5. The van der Waals surface area contributed by atoms with Gasteiger partial charge in [0.2, 0.25) is 5.91 Å². The van der Waals surface area contributed by atoms with Crippen molar-refractivity contribution in [3.05, 3.63) is 11.4 Å². The lowest BCUT2D eigenvalue weighted by atomic mass is 9.86. The summed E-state index contributed by atoms with van der Waals surface area (Å²) in [6, 6.07) is -0.163. The largest absolute Gasteiger partial charge is 0.365 e. The van der Waals surface area contributed by atoms with Crippen LogP contribution in [0, 0.1) is 5.92 Å². The van der Waals surface area contributed by atoms with Gasteiger partial charge in [-0.05, 0) is 31.6 Å². The van der Waals surface area contributed by atoms with Crippen LogP contribution in [0.5, 0.6) is 0 Å². The van der Waals surface area contributed by atoms with E-state index in [9.17, 15) is 9.59 Å². The van der Waals surface area contributed by atoms with Crippen molar-refractivity contribution in [1.82, 2.24) is 30.1 Å². The van der Waals surface area contributed by atoms with Gasteiger partial charge in [-0.25, -0.2) is 9.48 Å². The van der Waals surface area contributed by atoms with Gasteiger partial charge in [0.15, 0.2) is 0 Å². The number of nitrogens with one attached hydrogen (secondary N) is 1. The summed E-state index contributed by atoms with van der Waals surface area (Å²) in [5, 5.41) is 11.4. The Morgan fingerprint density at radius 1 is 1.20 bits per heavy atom. The number of urea groups is 1. The molecule has 0 aromatic carbocycles. The van der Waals surface area contributed by atoms with Crippen molar-refractivity contribution in [2.75, 3.05) is 27.2 Å². The van der Waals surface area contributed by atoms with E-state index in [1.165, 1.54) is 37.0 Å². The van der Waals surface area contributed by atoms with Crippen LogP contribution >= 0.6 is 0 Å². The average molecular weight is 419 g/mol. The van der Waals surface area contributed by atoms with Crippen LogP contribution in [0.4, 0.5) is 4.79 Å². The molecule has 9 heteroatoms. The molecule has 1 aliphatic carbocycles. The molecule has 3 aliphatic rings. The number of likely N-dealkylation sites (tertiary alicyclic amines) is 1. The predicted octanol–water partition coefficient (Wildman–Crippen LogP) is 1.91. The molecule has 9 nitrogen and oxygen atoms in total. The number of fused-ring (bicyclic) bond motifs is 1. The number of rotatable bonds is 4. The van der Waals surface area contributed by atoms with Gasteiger partial charge in [-0.15, -0.1) is 5.10 Å². The first kappa shape index (κ1) is 21.1. The summed E-state index contributed by atoms with van der Waals surface area (Å²) in [4.78, 5) is 28.2. The Kier molecular flexibility index (Phi) is 6.26. The van der Waals surface area contributed by atoms with E-state index in [0.29, 0.717) is 38.6 Å². The van der Waals surface area contributed by atoms with E-state index in [-0.39, 0.29) is 17.5 Å². The lowest BCUT2D eigenvalue weighted by molar-refractivity contribution is -0.153. The lowest BCUT2D eigenvalue weighted by Crippen LogP contribution is -2.55. The fourth-order valence-corrected chi connectivity index (χ4v) is 4.97. The number of aromatic nitrogens is 3. The topological polar surface area (TPSA) is 92.6 Å². The predicted molar refractivity (Wildman–Crippen MR) is 110 cm³/mol. The highest BCUT2D eigenvalue weighted by Gasteiger charge is 2.42. The van der Waals surface area contributed by atoms with Crippen molar-refractivity contribution in [3.8, 4) is 0 Å². The first-order valence-corrected chi connectivity index (χ1v) is 11.2. The van der Waals surface area contributed by atoms with Crippen LogP contribution in [0.3, 0.4) is 0 Å². The fourth-order valence-electron chi connectivity index (χ4n) is 4.97. The molecule has 2 fully saturated rings. The van der Waals surface area contributed by atoms with Crippen molar-refractivity contribution in [3.63, 3.8) is 0 Å². The maximum atomic E-state index is 12.9. The Bertz CT molecular complexity index is 773. The third kappa shape index (κ3) is 4.61. The van der Waals surface area contributed by atoms with Gasteiger partial charge < -0.3 is 19.9 Å². The Morgan fingerprint density at radius 2 is 2.00 bits per heavy atom. The van der Waals surface area contributed by atoms with E-state index < -0.39 is 0 Å². The minimum Gasteiger partial charge on any atom is -0.365 e. The highest BCUT2D eigenvalue weighted by molar-refractivity contribution is 5.76. The molecule has 4 rings (SSSR count). The number of ether oxygens (including phenoxy) is 1. The Hall–Kier alpha value is -2.16. The second-order valence-electron chi connectivity index (χ2n) is 9.29. The zero-order valence-corrected chi connectivity index (χ0v) is 18.2. The van der Waals surface area contributed by atoms with Crippen LogP contribution in [0.25, 0.3) is 0 Å². The van der Waals surface area contributed by atoms with Crippen LogP contribution in [-0.4, -0.2) is 69.5 Å². The molecule has 1 saturated carbocycles. The summed E-state index contributed by atoms with van der Waals surface area (Å²) in [5.74, 6) is 0.833. The summed E-state index contributed by atoms with van der Waals surface area (Å²) in [5.41, 5.74) is 1.26. The van der Waals surface area contributed by atoms with E-state index in [1.54, 1.807) is 14.1 Å².